The molecule has 0 aromatic rings. The van der Waals surface area contributed by atoms with Gasteiger partial charge in [0.25, 0.3) is 0 Å². The molecule has 0 radical (unpaired) electrons. The lowest BCUT2D eigenvalue weighted by molar-refractivity contribution is 0.294. The molecule has 4 nitrogen and oxygen atoms in total. The van der Waals surface area contributed by atoms with E-state index in [0.29, 0.717) is 0 Å². The first-order chi connectivity index (χ1) is 7.20. The van der Waals surface area contributed by atoms with Crippen molar-refractivity contribution in [2.75, 3.05) is 53.4 Å². The molecule has 0 aliphatic heterocycles. The standard InChI is InChI=1S/C11H28N4/c1-5-15(6-2)11-9-13-12-8-7-10-14(3)4/h12-13H,5-11H2,1-4H3. The molecule has 0 heterocycles. The maximum atomic E-state index is 3.25. The van der Waals surface area contributed by atoms with Crippen LogP contribution in [0.4, 0.5) is 0 Å². The summed E-state index contributed by atoms with van der Waals surface area (Å²) in [6, 6.07) is 0. The second-order valence-electron chi connectivity index (χ2n) is 4.04. The van der Waals surface area contributed by atoms with Gasteiger partial charge in [-0.2, -0.15) is 0 Å². The molecule has 0 aromatic heterocycles. The van der Waals surface area contributed by atoms with Crippen LogP contribution in [0.3, 0.4) is 0 Å². The Kier molecular flexibility index (Phi) is 10.3. The zero-order valence-corrected chi connectivity index (χ0v) is 10.8. The Bertz CT molecular complexity index is 124. The Morgan fingerprint density at radius 2 is 1.47 bits per heavy atom. The van der Waals surface area contributed by atoms with Crippen molar-refractivity contribution in [3.05, 3.63) is 0 Å². The molecule has 0 aliphatic carbocycles. The number of nitrogens with one attached hydrogen (secondary N) is 2. The van der Waals surface area contributed by atoms with E-state index in [-0.39, 0.29) is 0 Å². The number of nitrogens with zero attached hydrogens (tertiary/aromatic N) is 2. The lowest BCUT2D eigenvalue weighted by atomic mass is 10.4. The van der Waals surface area contributed by atoms with Gasteiger partial charge in [0.05, 0.1) is 0 Å². The third-order valence-electron chi connectivity index (χ3n) is 2.48. The van der Waals surface area contributed by atoms with Gasteiger partial charge in [-0.15, -0.1) is 0 Å². The van der Waals surface area contributed by atoms with Gasteiger partial charge in [0.15, 0.2) is 0 Å². The maximum absolute atomic E-state index is 3.25. The first-order valence-electron chi connectivity index (χ1n) is 6.03. The van der Waals surface area contributed by atoms with Crippen LogP contribution in [-0.2, 0) is 0 Å². The fourth-order valence-electron chi connectivity index (χ4n) is 1.41. The molecule has 0 spiro atoms. The van der Waals surface area contributed by atoms with Crippen LogP contribution in [0.15, 0.2) is 0 Å². The number of rotatable bonds is 10. The molecule has 0 bridgehead atoms. The topological polar surface area (TPSA) is 30.5 Å². The number of likely N-dealkylation sites (N-methyl/N-ethyl adjacent to an activating group) is 1. The van der Waals surface area contributed by atoms with Crippen LogP contribution < -0.4 is 10.9 Å². The average molecular weight is 216 g/mol. The Morgan fingerprint density at radius 1 is 0.867 bits per heavy atom. The smallest absolute Gasteiger partial charge is 0.0228 e. The van der Waals surface area contributed by atoms with Crippen molar-refractivity contribution in [2.45, 2.75) is 20.3 Å². The summed E-state index contributed by atoms with van der Waals surface area (Å²) in [6.07, 6.45) is 1.19. The van der Waals surface area contributed by atoms with E-state index in [4.69, 9.17) is 0 Å². The van der Waals surface area contributed by atoms with E-state index in [9.17, 15) is 0 Å². The van der Waals surface area contributed by atoms with E-state index in [1.165, 1.54) is 6.42 Å². The van der Waals surface area contributed by atoms with E-state index < -0.39 is 0 Å². The van der Waals surface area contributed by atoms with E-state index in [1.807, 2.05) is 0 Å². The molecule has 0 aliphatic rings. The summed E-state index contributed by atoms with van der Waals surface area (Å²) in [5.41, 5.74) is 6.49. The third kappa shape index (κ3) is 10.1. The molecule has 0 atom stereocenters. The van der Waals surface area contributed by atoms with Gasteiger partial charge in [-0.25, -0.2) is 0 Å². The van der Waals surface area contributed by atoms with Gasteiger partial charge in [0.2, 0.25) is 0 Å². The lowest BCUT2D eigenvalue weighted by Gasteiger charge is -2.18. The SMILES string of the molecule is CCN(CC)CCNNCCCN(C)C. The van der Waals surface area contributed by atoms with Crippen molar-refractivity contribution in [3.63, 3.8) is 0 Å². The quantitative estimate of drug-likeness (QED) is 0.408. The molecular formula is C11H28N4. The van der Waals surface area contributed by atoms with Crippen molar-refractivity contribution >= 4 is 0 Å². The zero-order valence-electron chi connectivity index (χ0n) is 10.8. The molecule has 0 unspecified atom stereocenters. The first-order valence-corrected chi connectivity index (χ1v) is 6.03. The van der Waals surface area contributed by atoms with Crippen LogP contribution >= 0.6 is 0 Å². The van der Waals surface area contributed by atoms with Crippen LogP contribution in [0.1, 0.15) is 20.3 Å². The van der Waals surface area contributed by atoms with Crippen LogP contribution in [0, 0.1) is 0 Å². The van der Waals surface area contributed by atoms with Crippen molar-refractivity contribution in [2.24, 2.45) is 0 Å². The molecular weight excluding hydrogens is 188 g/mol. The van der Waals surface area contributed by atoms with Gasteiger partial charge >= 0.3 is 0 Å². The van der Waals surface area contributed by atoms with E-state index in [0.717, 1.165) is 39.3 Å². The summed E-state index contributed by atoms with van der Waals surface area (Å²) >= 11 is 0. The van der Waals surface area contributed by atoms with Gasteiger partial charge in [0.1, 0.15) is 0 Å². The highest BCUT2D eigenvalue weighted by molar-refractivity contribution is 4.54. The van der Waals surface area contributed by atoms with Crippen molar-refractivity contribution < 1.29 is 0 Å². The Labute approximate surface area is 95.0 Å². The Morgan fingerprint density at radius 3 is 2.00 bits per heavy atom. The summed E-state index contributed by atoms with van der Waals surface area (Å²) in [4.78, 5) is 4.62. The van der Waals surface area contributed by atoms with Gasteiger partial charge in [-0.05, 0) is 40.2 Å². The molecule has 0 aromatic carbocycles. The number of hydrogen-bond acceptors (Lipinski definition) is 4. The van der Waals surface area contributed by atoms with Gasteiger partial charge in [-0.1, -0.05) is 13.8 Å². The van der Waals surface area contributed by atoms with Crippen LogP contribution in [-0.4, -0.2) is 63.2 Å². The largest absolute Gasteiger partial charge is 0.309 e. The summed E-state index contributed by atoms with van der Waals surface area (Å²) in [7, 11) is 4.21. The van der Waals surface area contributed by atoms with Gasteiger partial charge in [0, 0.05) is 19.6 Å². The summed E-state index contributed by atoms with van der Waals surface area (Å²) in [5, 5.41) is 0. The molecule has 0 saturated heterocycles. The molecule has 0 amide bonds. The zero-order chi connectivity index (χ0) is 11.5. The Hall–Kier alpha value is -0.160. The van der Waals surface area contributed by atoms with E-state index >= 15 is 0 Å². The molecule has 2 N–H and O–H groups in total. The maximum Gasteiger partial charge on any atom is 0.0228 e. The van der Waals surface area contributed by atoms with Gasteiger partial charge in [-0.3, -0.25) is 10.9 Å². The predicted octanol–water partition coefficient (Wildman–Crippen LogP) is 0.374. The molecule has 0 fully saturated rings. The second kappa shape index (κ2) is 10.4. The lowest BCUT2D eigenvalue weighted by Crippen LogP contribution is -2.39. The molecule has 92 valence electrons. The minimum atomic E-state index is 1.02. The van der Waals surface area contributed by atoms with E-state index in [1.54, 1.807) is 0 Å². The average Bonchev–Trinajstić information content (AvgIpc) is 2.22. The fourth-order valence-corrected chi connectivity index (χ4v) is 1.41. The minimum absolute atomic E-state index is 1.02. The fraction of sp³-hybridized carbons (Fsp3) is 1.00. The van der Waals surface area contributed by atoms with Gasteiger partial charge < -0.3 is 9.80 Å². The molecule has 0 saturated carbocycles. The third-order valence-corrected chi connectivity index (χ3v) is 2.48. The first kappa shape index (κ1) is 14.8. The monoisotopic (exact) mass is 216 g/mol. The molecule has 15 heavy (non-hydrogen) atoms. The van der Waals surface area contributed by atoms with Crippen molar-refractivity contribution in [1.29, 1.82) is 0 Å². The highest BCUT2D eigenvalue weighted by Crippen LogP contribution is 1.83. The molecule has 0 rings (SSSR count). The number of hydrogen-bond donors (Lipinski definition) is 2. The second-order valence-corrected chi connectivity index (χ2v) is 4.04. The highest BCUT2D eigenvalue weighted by Gasteiger charge is 1.96. The van der Waals surface area contributed by atoms with E-state index in [2.05, 4.69) is 48.6 Å². The van der Waals surface area contributed by atoms with Crippen LogP contribution in [0.5, 0.6) is 0 Å². The highest BCUT2D eigenvalue weighted by atomic mass is 15.4. The van der Waals surface area contributed by atoms with Crippen LogP contribution in [0.25, 0.3) is 0 Å². The summed E-state index contributed by atoms with van der Waals surface area (Å²) in [6.45, 7) is 11.0. The molecule has 4 heteroatoms. The number of hydrazine groups is 1. The minimum Gasteiger partial charge on any atom is -0.309 e. The predicted molar refractivity (Wildman–Crippen MR) is 67.0 cm³/mol. The Balaban J connectivity index is 3.10. The normalized spacial score (nSPS) is 11.6. The summed E-state index contributed by atoms with van der Waals surface area (Å²) < 4.78 is 0. The van der Waals surface area contributed by atoms with Crippen molar-refractivity contribution in [1.82, 2.24) is 20.7 Å². The van der Waals surface area contributed by atoms with Crippen molar-refractivity contribution in [3.8, 4) is 0 Å². The summed E-state index contributed by atoms with van der Waals surface area (Å²) in [5.74, 6) is 0. The van der Waals surface area contributed by atoms with Crippen LogP contribution in [0.2, 0.25) is 0 Å².